The van der Waals surface area contributed by atoms with Gasteiger partial charge in [0.2, 0.25) is 0 Å². The molecule has 1 saturated carbocycles. The zero-order valence-electron chi connectivity index (χ0n) is 9.21. The Morgan fingerprint density at radius 1 is 1.21 bits per heavy atom. The van der Waals surface area contributed by atoms with Gasteiger partial charge in [-0.25, -0.2) is 0 Å². The van der Waals surface area contributed by atoms with Crippen molar-refractivity contribution in [2.75, 3.05) is 20.8 Å². The Hall–Kier alpha value is -0.120. The summed E-state index contributed by atoms with van der Waals surface area (Å²) in [5.41, 5.74) is 0. The molecule has 0 bridgehead atoms. The van der Waals surface area contributed by atoms with E-state index in [0.29, 0.717) is 6.04 Å². The molecule has 0 aromatic carbocycles. The zero-order chi connectivity index (χ0) is 10.0. The first-order valence-corrected chi connectivity index (χ1v) is 5.63. The van der Waals surface area contributed by atoms with Gasteiger partial charge >= 0.3 is 0 Å². The third kappa shape index (κ3) is 1.81. The number of hydrogen-bond donors (Lipinski definition) is 1. The van der Waals surface area contributed by atoms with Crippen molar-refractivity contribution in [2.24, 2.45) is 5.92 Å². The van der Waals surface area contributed by atoms with E-state index < -0.39 is 0 Å². The lowest BCUT2D eigenvalue weighted by molar-refractivity contribution is -0.235. The van der Waals surface area contributed by atoms with Crippen LogP contribution in [-0.4, -0.2) is 32.6 Å². The Morgan fingerprint density at radius 3 is 2.71 bits per heavy atom. The van der Waals surface area contributed by atoms with E-state index in [9.17, 15) is 0 Å². The molecule has 1 heterocycles. The normalized spacial score (nSPS) is 36.4. The summed E-state index contributed by atoms with van der Waals surface area (Å²) in [7, 11) is 3.53. The smallest absolute Gasteiger partial charge is 0.167 e. The molecule has 2 atom stereocenters. The standard InChI is InChI=1S/C11H21NO2/c1-13-11(14-2)6-5-10-9(8-11)4-3-7-12-10/h9-10,12H,3-8H2,1-2H3. The van der Waals surface area contributed by atoms with Crippen LogP contribution >= 0.6 is 0 Å². The Labute approximate surface area is 86.2 Å². The van der Waals surface area contributed by atoms with Gasteiger partial charge in [0.15, 0.2) is 5.79 Å². The molecule has 1 N–H and O–H groups in total. The van der Waals surface area contributed by atoms with Crippen LogP contribution in [0.4, 0.5) is 0 Å². The summed E-state index contributed by atoms with van der Waals surface area (Å²) in [6.07, 6.45) is 5.88. The first-order chi connectivity index (χ1) is 6.79. The van der Waals surface area contributed by atoms with E-state index in [4.69, 9.17) is 9.47 Å². The van der Waals surface area contributed by atoms with E-state index in [1.165, 1.54) is 25.8 Å². The van der Waals surface area contributed by atoms with Crippen molar-refractivity contribution in [3.8, 4) is 0 Å². The van der Waals surface area contributed by atoms with Crippen molar-refractivity contribution < 1.29 is 9.47 Å². The molecule has 1 saturated heterocycles. The summed E-state index contributed by atoms with van der Waals surface area (Å²) in [6.45, 7) is 1.19. The van der Waals surface area contributed by atoms with Crippen LogP contribution in [0, 0.1) is 5.92 Å². The van der Waals surface area contributed by atoms with Crippen LogP contribution in [-0.2, 0) is 9.47 Å². The molecule has 2 aliphatic rings. The van der Waals surface area contributed by atoms with Crippen LogP contribution in [0.1, 0.15) is 32.1 Å². The van der Waals surface area contributed by atoms with E-state index in [0.717, 1.165) is 18.8 Å². The first-order valence-electron chi connectivity index (χ1n) is 5.63. The van der Waals surface area contributed by atoms with Gasteiger partial charge in [0, 0.05) is 33.1 Å². The minimum Gasteiger partial charge on any atom is -0.353 e. The van der Waals surface area contributed by atoms with Gasteiger partial charge in [-0.15, -0.1) is 0 Å². The number of nitrogens with one attached hydrogen (secondary N) is 1. The molecular formula is C11H21NO2. The van der Waals surface area contributed by atoms with Gasteiger partial charge in [-0.05, 0) is 31.7 Å². The average Bonchev–Trinajstić information content (AvgIpc) is 2.28. The summed E-state index contributed by atoms with van der Waals surface area (Å²) in [5, 5.41) is 3.60. The van der Waals surface area contributed by atoms with Crippen LogP contribution in [0.3, 0.4) is 0 Å². The van der Waals surface area contributed by atoms with E-state index in [-0.39, 0.29) is 5.79 Å². The molecule has 2 unspecified atom stereocenters. The monoisotopic (exact) mass is 199 g/mol. The van der Waals surface area contributed by atoms with Gasteiger partial charge in [-0.1, -0.05) is 0 Å². The third-order valence-corrected chi connectivity index (χ3v) is 3.88. The number of piperidine rings is 1. The molecule has 2 fully saturated rings. The second-order valence-corrected chi connectivity index (χ2v) is 4.52. The zero-order valence-corrected chi connectivity index (χ0v) is 9.21. The highest BCUT2D eigenvalue weighted by atomic mass is 16.7. The predicted octanol–water partition coefficient (Wildman–Crippen LogP) is 1.53. The van der Waals surface area contributed by atoms with Crippen molar-refractivity contribution in [3.05, 3.63) is 0 Å². The molecule has 0 aromatic heterocycles. The van der Waals surface area contributed by atoms with Gasteiger partial charge in [0.1, 0.15) is 0 Å². The topological polar surface area (TPSA) is 30.5 Å². The highest BCUT2D eigenvalue weighted by molar-refractivity contribution is 4.91. The summed E-state index contributed by atoms with van der Waals surface area (Å²) >= 11 is 0. The van der Waals surface area contributed by atoms with Crippen LogP contribution in [0.5, 0.6) is 0 Å². The minimum absolute atomic E-state index is 0.291. The molecule has 0 spiro atoms. The molecule has 1 aliphatic carbocycles. The van der Waals surface area contributed by atoms with Crippen LogP contribution in [0.15, 0.2) is 0 Å². The van der Waals surface area contributed by atoms with Gasteiger partial charge in [0.25, 0.3) is 0 Å². The lowest BCUT2D eigenvalue weighted by atomic mass is 9.76. The molecular weight excluding hydrogens is 178 g/mol. The Bertz CT molecular complexity index is 192. The highest BCUT2D eigenvalue weighted by Gasteiger charge is 2.41. The van der Waals surface area contributed by atoms with E-state index in [1.807, 2.05) is 0 Å². The number of hydrogen-bond acceptors (Lipinski definition) is 3. The Morgan fingerprint density at radius 2 is 2.00 bits per heavy atom. The van der Waals surface area contributed by atoms with Crippen LogP contribution in [0.25, 0.3) is 0 Å². The first kappa shape index (κ1) is 10.4. The predicted molar refractivity (Wildman–Crippen MR) is 55.1 cm³/mol. The average molecular weight is 199 g/mol. The maximum atomic E-state index is 5.53. The fraction of sp³-hybridized carbons (Fsp3) is 1.00. The second-order valence-electron chi connectivity index (χ2n) is 4.52. The van der Waals surface area contributed by atoms with Gasteiger partial charge in [-0.2, -0.15) is 0 Å². The SMILES string of the molecule is COC1(OC)CCC2NCCCC2C1. The van der Waals surface area contributed by atoms with Crippen molar-refractivity contribution in [1.82, 2.24) is 5.32 Å². The maximum absolute atomic E-state index is 5.53. The number of methoxy groups -OCH3 is 2. The Balaban J connectivity index is 2.01. The van der Waals surface area contributed by atoms with Crippen molar-refractivity contribution in [2.45, 2.75) is 43.9 Å². The molecule has 3 heteroatoms. The second kappa shape index (κ2) is 4.17. The molecule has 1 aliphatic heterocycles. The third-order valence-electron chi connectivity index (χ3n) is 3.88. The van der Waals surface area contributed by atoms with Crippen LogP contribution < -0.4 is 5.32 Å². The number of ether oxygens (including phenoxy) is 2. The summed E-state index contributed by atoms with van der Waals surface area (Å²) < 4.78 is 11.1. The van der Waals surface area contributed by atoms with E-state index >= 15 is 0 Å². The fourth-order valence-electron chi connectivity index (χ4n) is 2.93. The quantitative estimate of drug-likeness (QED) is 0.684. The fourth-order valence-corrected chi connectivity index (χ4v) is 2.93. The van der Waals surface area contributed by atoms with Crippen molar-refractivity contribution in [3.63, 3.8) is 0 Å². The lowest BCUT2D eigenvalue weighted by Crippen LogP contribution is -2.51. The lowest BCUT2D eigenvalue weighted by Gasteiger charge is -2.45. The Kier molecular flexibility index (Phi) is 3.10. The summed E-state index contributed by atoms with van der Waals surface area (Å²) in [6, 6.07) is 0.710. The maximum Gasteiger partial charge on any atom is 0.167 e. The number of fused-ring (bicyclic) bond motifs is 1. The van der Waals surface area contributed by atoms with Crippen molar-refractivity contribution in [1.29, 1.82) is 0 Å². The minimum atomic E-state index is -0.291. The van der Waals surface area contributed by atoms with Gasteiger partial charge in [0.05, 0.1) is 0 Å². The van der Waals surface area contributed by atoms with E-state index in [2.05, 4.69) is 5.32 Å². The van der Waals surface area contributed by atoms with Gasteiger partial charge < -0.3 is 14.8 Å². The van der Waals surface area contributed by atoms with E-state index in [1.54, 1.807) is 14.2 Å². The molecule has 0 radical (unpaired) electrons. The molecule has 2 rings (SSSR count). The molecule has 0 aromatic rings. The molecule has 82 valence electrons. The van der Waals surface area contributed by atoms with Gasteiger partial charge in [-0.3, -0.25) is 0 Å². The number of rotatable bonds is 2. The van der Waals surface area contributed by atoms with Crippen LogP contribution in [0.2, 0.25) is 0 Å². The van der Waals surface area contributed by atoms with Crippen molar-refractivity contribution >= 4 is 0 Å². The highest BCUT2D eigenvalue weighted by Crippen LogP contribution is 2.38. The largest absolute Gasteiger partial charge is 0.353 e. The summed E-state index contributed by atoms with van der Waals surface area (Å²) in [5.74, 6) is 0.456. The molecule has 3 nitrogen and oxygen atoms in total. The molecule has 0 amide bonds. The summed E-state index contributed by atoms with van der Waals surface area (Å²) in [4.78, 5) is 0. The molecule has 14 heavy (non-hydrogen) atoms.